The molecule has 0 spiro atoms. The SMILES string of the molecule is CC(=O)/C=C(/C)[O-].CC(=O)/C=C(/C)[O-].O=C([O-])c1cnccn1.[Eu+3].[OH3+].[OH3+]. The fourth-order valence-electron chi connectivity index (χ4n) is 0.977. The van der Waals surface area contributed by atoms with Crippen LogP contribution in [0, 0.1) is 49.4 Å². The summed E-state index contributed by atoms with van der Waals surface area (Å²) in [7, 11) is 0. The molecule has 1 rings (SSSR count). The molecule has 26 heavy (non-hydrogen) atoms. The van der Waals surface area contributed by atoms with Crippen molar-refractivity contribution in [1.82, 2.24) is 9.97 Å². The average Bonchev–Trinajstić information content (AvgIpc) is 2.37. The van der Waals surface area contributed by atoms with Crippen molar-refractivity contribution < 1.29 is 90.0 Å². The third kappa shape index (κ3) is 30.4. The van der Waals surface area contributed by atoms with E-state index < -0.39 is 5.97 Å². The van der Waals surface area contributed by atoms with Crippen molar-refractivity contribution in [3.05, 3.63) is 48.0 Å². The van der Waals surface area contributed by atoms with Crippen molar-refractivity contribution in [3.8, 4) is 0 Å². The molecule has 0 aliphatic rings. The Morgan fingerprint density at radius 2 is 1.23 bits per heavy atom. The molecule has 146 valence electrons. The van der Waals surface area contributed by atoms with Gasteiger partial charge in [0.2, 0.25) is 0 Å². The summed E-state index contributed by atoms with van der Waals surface area (Å²) in [6.45, 7) is 5.39. The number of nitrogens with zero attached hydrogens (tertiary/aromatic N) is 2. The first-order chi connectivity index (χ1) is 10.6. The second-order valence-electron chi connectivity index (χ2n) is 4.11. The van der Waals surface area contributed by atoms with Gasteiger partial charge in [0.25, 0.3) is 0 Å². The minimum atomic E-state index is -1.30. The molecule has 0 atom stereocenters. The smallest absolute Gasteiger partial charge is 0.876 e. The van der Waals surface area contributed by atoms with E-state index in [2.05, 4.69) is 9.97 Å². The molecule has 0 fully saturated rings. The molecule has 1 heterocycles. The van der Waals surface area contributed by atoms with E-state index in [1.807, 2.05) is 0 Å². The van der Waals surface area contributed by atoms with Gasteiger partial charge in [0, 0.05) is 12.4 Å². The van der Waals surface area contributed by atoms with Crippen LogP contribution in [0.25, 0.3) is 0 Å². The third-order valence-corrected chi connectivity index (χ3v) is 1.59. The number of rotatable bonds is 3. The van der Waals surface area contributed by atoms with Gasteiger partial charge in [-0.05, 0) is 26.0 Å². The number of carboxylic acids is 1. The summed E-state index contributed by atoms with van der Waals surface area (Å²) in [5, 5.41) is 29.9. The van der Waals surface area contributed by atoms with Crippen LogP contribution in [0.15, 0.2) is 42.3 Å². The number of carboxylic acid groups (broad SMARTS) is 1. The second kappa shape index (κ2) is 21.5. The molecule has 1 aromatic rings. The van der Waals surface area contributed by atoms with Crippen LogP contribution in [-0.2, 0) is 20.5 Å². The number of aromatic nitrogens is 2. The first kappa shape index (κ1) is 35.6. The zero-order chi connectivity index (χ0) is 18.4. The molecule has 0 aromatic carbocycles. The molecular weight excluding hydrogens is 488 g/mol. The zero-order valence-corrected chi connectivity index (χ0v) is 17.2. The molecule has 0 aliphatic carbocycles. The van der Waals surface area contributed by atoms with Crippen molar-refractivity contribution in [3.63, 3.8) is 0 Å². The Morgan fingerprint density at radius 1 is 0.846 bits per heavy atom. The summed E-state index contributed by atoms with van der Waals surface area (Å²) in [5.74, 6) is -2.05. The third-order valence-electron chi connectivity index (χ3n) is 1.59. The van der Waals surface area contributed by atoms with Gasteiger partial charge in [0.1, 0.15) is 5.69 Å². The van der Waals surface area contributed by atoms with E-state index in [0.717, 1.165) is 18.3 Å². The van der Waals surface area contributed by atoms with Crippen LogP contribution in [-0.4, -0.2) is 27.5 Å². The molecular formula is C15H23EuN2O8+2. The van der Waals surface area contributed by atoms with Gasteiger partial charge in [0.05, 0.1) is 12.2 Å². The summed E-state index contributed by atoms with van der Waals surface area (Å²) < 4.78 is 0. The van der Waals surface area contributed by atoms with E-state index in [-0.39, 0.29) is 89.1 Å². The number of carbonyl (C=O) groups is 3. The van der Waals surface area contributed by atoms with Crippen molar-refractivity contribution >= 4 is 17.5 Å². The maximum Gasteiger partial charge on any atom is 3.00 e. The summed E-state index contributed by atoms with van der Waals surface area (Å²) >= 11 is 0. The van der Waals surface area contributed by atoms with Gasteiger partial charge in [-0.2, -0.15) is 0 Å². The average molecular weight is 511 g/mol. The van der Waals surface area contributed by atoms with Crippen LogP contribution in [0.1, 0.15) is 38.2 Å². The second-order valence-corrected chi connectivity index (χ2v) is 4.11. The van der Waals surface area contributed by atoms with Crippen molar-refractivity contribution in [1.29, 1.82) is 0 Å². The zero-order valence-electron chi connectivity index (χ0n) is 14.8. The normalized spacial score (nSPS) is 9.23. The van der Waals surface area contributed by atoms with Gasteiger partial charge in [-0.15, -0.1) is 11.5 Å². The van der Waals surface area contributed by atoms with E-state index in [4.69, 9.17) is 0 Å². The summed E-state index contributed by atoms with van der Waals surface area (Å²) in [6.07, 6.45) is 5.94. The molecule has 0 saturated carbocycles. The fraction of sp³-hybridized carbons (Fsp3) is 0.267. The van der Waals surface area contributed by atoms with Gasteiger partial charge >= 0.3 is 49.4 Å². The predicted molar refractivity (Wildman–Crippen MR) is 85.0 cm³/mol. The van der Waals surface area contributed by atoms with Gasteiger partial charge in [-0.1, -0.05) is 13.8 Å². The molecule has 0 bridgehead atoms. The van der Waals surface area contributed by atoms with Gasteiger partial charge in [0.15, 0.2) is 11.6 Å². The Labute approximate surface area is 191 Å². The first-order valence-corrected chi connectivity index (χ1v) is 6.25. The molecule has 10 nitrogen and oxygen atoms in total. The maximum atomic E-state index is 9.99. The molecule has 6 N–H and O–H groups in total. The Kier molecular flexibility index (Phi) is 29.4. The van der Waals surface area contributed by atoms with Gasteiger partial charge in [-0.25, -0.2) is 0 Å². The minimum Gasteiger partial charge on any atom is -0.876 e. The van der Waals surface area contributed by atoms with Crippen molar-refractivity contribution in [2.75, 3.05) is 0 Å². The number of hydrogen-bond acceptors (Lipinski definition) is 8. The molecule has 0 amide bonds. The number of allylic oxidation sites excluding steroid dienone is 4. The van der Waals surface area contributed by atoms with Crippen LogP contribution in [0.3, 0.4) is 0 Å². The molecule has 0 radical (unpaired) electrons. The van der Waals surface area contributed by atoms with E-state index in [9.17, 15) is 29.7 Å². The van der Waals surface area contributed by atoms with Crippen LogP contribution < -0.4 is 15.3 Å². The first-order valence-electron chi connectivity index (χ1n) is 6.25. The summed E-state index contributed by atoms with van der Waals surface area (Å²) in [4.78, 5) is 36.9. The topological polar surface area (TPSA) is 212 Å². The predicted octanol–water partition coefficient (Wildman–Crippen LogP) is -3.32. The Hall–Kier alpha value is -1.53. The molecule has 1 aromatic heterocycles. The summed E-state index contributed by atoms with van der Waals surface area (Å²) in [6, 6.07) is 0. The maximum absolute atomic E-state index is 9.99. The van der Waals surface area contributed by atoms with Crippen molar-refractivity contribution in [2.24, 2.45) is 0 Å². The quantitative estimate of drug-likeness (QED) is 0.227. The summed E-state index contributed by atoms with van der Waals surface area (Å²) in [5.41, 5.74) is -0.141. The largest absolute Gasteiger partial charge is 3.00 e. The van der Waals surface area contributed by atoms with Crippen LogP contribution in [0.5, 0.6) is 0 Å². The van der Waals surface area contributed by atoms with Crippen LogP contribution in [0.4, 0.5) is 0 Å². The molecule has 0 saturated heterocycles. The van der Waals surface area contributed by atoms with E-state index in [1.165, 1.54) is 40.1 Å². The van der Waals surface area contributed by atoms with Gasteiger partial charge in [-0.3, -0.25) is 19.6 Å². The standard InChI is InChI=1S/C5H4N2O2.2C5H8O2.Eu.2H2O/c8-5(9)4-3-6-1-2-7-4;2*1-4(6)3-5(2)7;;;/h1-3H,(H,8,9);2*3,6H,1-2H3;;2*1H2/q;;;+3;;/p-1/b;2*4-3-;;;. The minimum absolute atomic E-state index is 0. The number of hydrogen-bond donors (Lipinski definition) is 0. The number of aromatic carboxylic acids is 1. The van der Waals surface area contributed by atoms with Crippen LogP contribution >= 0.6 is 0 Å². The van der Waals surface area contributed by atoms with Crippen molar-refractivity contribution in [2.45, 2.75) is 27.7 Å². The van der Waals surface area contributed by atoms with E-state index in [1.54, 1.807) is 0 Å². The number of ketones is 2. The van der Waals surface area contributed by atoms with E-state index in [0.29, 0.717) is 0 Å². The Bertz CT molecular complexity index is 553. The Balaban J connectivity index is -0.0000000813. The fourth-order valence-corrected chi connectivity index (χ4v) is 0.977. The van der Waals surface area contributed by atoms with E-state index >= 15 is 0 Å². The van der Waals surface area contributed by atoms with Gasteiger partial charge < -0.3 is 31.1 Å². The Morgan fingerprint density at radius 3 is 1.35 bits per heavy atom. The van der Waals surface area contributed by atoms with Crippen LogP contribution in [0.2, 0.25) is 0 Å². The monoisotopic (exact) mass is 512 g/mol. The molecule has 0 unspecified atom stereocenters. The number of carbonyl (C=O) groups excluding carboxylic acids is 3. The molecule has 0 aliphatic heterocycles. The molecule has 11 heteroatoms.